The van der Waals surface area contributed by atoms with Crippen LogP contribution in [-0.4, -0.2) is 34.4 Å². The predicted molar refractivity (Wildman–Crippen MR) is 81.0 cm³/mol. The topological polar surface area (TPSA) is 71.5 Å². The van der Waals surface area contributed by atoms with Crippen LogP contribution < -0.4 is 5.46 Å². The third kappa shape index (κ3) is 2.15. The molecule has 0 unspecified atom stereocenters. The third-order valence-electron chi connectivity index (χ3n) is 4.43. The Labute approximate surface area is 123 Å². The normalized spacial score (nSPS) is 20.1. The van der Waals surface area contributed by atoms with E-state index in [9.17, 15) is 4.79 Å². The molecule has 0 radical (unpaired) electrons. The molecule has 1 fully saturated rings. The summed E-state index contributed by atoms with van der Waals surface area (Å²) in [6, 6.07) is 7.26. The number of hydrogen-bond donors (Lipinski definition) is 2. The average Bonchev–Trinajstić information content (AvgIpc) is 2.88. The number of carboxylic acid groups (broad SMARTS) is 1. The van der Waals surface area contributed by atoms with E-state index in [-0.39, 0.29) is 5.69 Å². The lowest BCUT2D eigenvalue weighted by Gasteiger charge is -2.32. The van der Waals surface area contributed by atoms with Gasteiger partial charge in [0.25, 0.3) is 0 Å². The van der Waals surface area contributed by atoms with E-state index in [2.05, 4.69) is 4.98 Å². The van der Waals surface area contributed by atoms with Crippen LogP contribution in [0.1, 0.15) is 38.2 Å². The zero-order valence-electron chi connectivity index (χ0n) is 12.6. The monoisotopic (exact) mass is 287 g/mol. The van der Waals surface area contributed by atoms with Crippen molar-refractivity contribution in [2.75, 3.05) is 0 Å². The number of aromatic carboxylic acids is 1. The molecule has 1 aromatic heterocycles. The molecular formula is C15H18BNO4. The van der Waals surface area contributed by atoms with E-state index in [0.29, 0.717) is 0 Å². The number of H-pyrrole nitrogens is 1. The highest BCUT2D eigenvalue weighted by atomic mass is 16.7. The molecule has 1 aliphatic rings. The summed E-state index contributed by atoms with van der Waals surface area (Å²) in [6.45, 7) is 7.96. The minimum Gasteiger partial charge on any atom is -0.477 e. The maximum absolute atomic E-state index is 11.1. The first-order chi connectivity index (χ1) is 9.71. The van der Waals surface area contributed by atoms with Crippen LogP contribution in [0.25, 0.3) is 10.9 Å². The number of aromatic nitrogens is 1. The summed E-state index contributed by atoms with van der Waals surface area (Å²) in [5.41, 5.74) is 0.866. The number of hydrogen-bond acceptors (Lipinski definition) is 3. The zero-order chi connectivity index (χ0) is 15.4. The van der Waals surface area contributed by atoms with Gasteiger partial charge in [0, 0.05) is 11.0 Å². The Balaban J connectivity index is 2.08. The van der Waals surface area contributed by atoms with Crippen LogP contribution in [0, 0.1) is 0 Å². The van der Waals surface area contributed by atoms with Crippen molar-refractivity contribution in [1.29, 1.82) is 0 Å². The maximum atomic E-state index is 11.1. The Hall–Kier alpha value is -1.79. The lowest BCUT2D eigenvalue weighted by molar-refractivity contribution is 0.00578. The summed E-state index contributed by atoms with van der Waals surface area (Å²) in [6.07, 6.45) is 0. The SMILES string of the molecule is CC1(C)OB(c2cccc3cc(C(=O)O)[nH]c23)OC1(C)C. The van der Waals surface area contributed by atoms with Crippen LogP contribution in [0.3, 0.4) is 0 Å². The van der Waals surface area contributed by atoms with Crippen LogP contribution in [0.15, 0.2) is 24.3 Å². The van der Waals surface area contributed by atoms with Crippen LogP contribution >= 0.6 is 0 Å². The summed E-state index contributed by atoms with van der Waals surface area (Å²) >= 11 is 0. The molecule has 0 amide bonds. The van der Waals surface area contributed by atoms with Gasteiger partial charge in [-0.3, -0.25) is 0 Å². The molecule has 110 valence electrons. The molecule has 0 bridgehead atoms. The number of fused-ring (bicyclic) bond motifs is 1. The van der Waals surface area contributed by atoms with Crippen molar-refractivity contribution >= 4 is 29.5 Å². The molecule has 0 atom stereocenters. The Morgan fingerprint density at radius 3 is 2.38 bits per heavy atom. The highest BCUT2D eigenvalue weighted by Crippen LogP contribution is 2.36. The Morgan fingerprint density at radius 2 is 1.81 bits per heavy atom. The molecule has 5 nitrogen and oxygen atoms in total. The molecule has 2 aromatic rings. The highest BCUT2D eigenvalue weighted by molar-refractivity contribution is 6.65. The molecular weight excluding hydrogens is 269 g/mol. The second kappa shape index (κ2) is 4.35. The molecule has 1 saturated heterocycles. The van der Waals surface area contributed by atoms with Gasteiger partial charge in [0.1, 0.15) is 5.69 Å². The second-order valence-electron chi connectivity index (χ2n) is 6.39. The zero-order valence-corrected chi connectivity index (χ0v) is 12.6. The Morgan fingerprint density at radius 1 is 1.19 bits per heavy atom. The van der Waals surface area contributed by atoms with E-state index in [4.69, 9.17) is 14.4 Å². The van der Waals surface area contributed by atoms with E-state index < -0.39 is 24.3 Å². The van der Waals surface area contributed by atoms with Gasteiger partial charge < -0.3 is 19.4 Å². The predicted octanol–water partition coefficient (Wildman–Crippen LogP) is 2.17. The molecule has 0 aliphatic carbocycles. The van der Waals surface area contributed by atoms with Gasteiger partial charge in [-0.15, -0.1) is 0 Å². The fourth-order valence-electron chi connectivity index (χ4n) is 2.46. The van der Waals surface area contributed by atoms with Crippen LogP contribution in [-0.2, 0) is 9.31 Å². The summed E-state index contributed by atoms with van der Waals surface area (Å²) in [7, 11) is -0.515. The van der Waals surface area contributed by atoms with Gasteiger partial charge in [-0.1, -0.05) is 18.2 Å². The van der Waals surface area contributed by atoms with Crippen molar-refractivity contribution in [2.45, 2.75) is 38.9 Å². The smallest absolute Gasteiger partial charge is 0.477 e. The molecule has 21 heavy (non-hydrogen) atoms. The fraction of sp³-hybridized carbons (Fsp3) is 0.400. The van der Waals surface area contributed by atoms with Crippen molar-refractivity contribution in [2.24, 2.45) is 0 Å². The highest BCUT2D eigenvalue weighted by Gasteiger charge is 2.52. The number of rotatable bonds is 2. The second-order valence-corrected chi connectivity index (χ2v) is 6.39. The number of carboxylic acids is 1. The third-order valence-corrected chi connectivity index (χ3v) is 4.43. The van der Waals surface area contributed by atoms with Gasteiger partial charge in [0.15, 0.2) is 0 Å². The maximum Gasteiger partial charge on any atom is 0.497 e. The number of aromatic amines is 1. The molecule has 2 heterocycles. The van der Waals surface area contributed by atoms with Crippen molar-refractivity contribution in [1.82, 2.24) is 4.98 Å². The number of benzene rings is 1. The molecule has 3 rings (SSSR count). The van der Waals surface area contributed by atoms with Gasteiger partial charge in [0.05, 0.1) is 11.2 Å². The Kier molecular flexibility index (Phi) is 2.94. The van der Waals surface area contributed by atoms with Crippen molar-refractivity contribution in [3.8, 4) is 0 Å². The molecule has 2 N–H and O–H groups in total. The van der Waals surface area contributed by atoms with Crippen LogP contribution in [0.4, 0.5) is 0 Å². The van der Waals surface area contributed by atoms with Crippen LogP contribution in [0.2, 0.25) is 0 Å². The van der Waals surface area contributed by atoms with E-state index in [1.165, 1.54) is 0 Å². The van der Waals surface area contributed by atoms with Crippen molar-refractivity contribution in [3.05, 3.63) is 30.0 Å². The number of nitrogens with one attached hydrogen (secondary N) is 1. The summed E-state index contributed by atoms with van der Waals surface area (Å²) in [5.74, 6) is -0.980. The number of carbonyl (C=O) groups is 1. The van der Waals surface area contributed by atoms with E-state index in [0.717, 1.165) is 16.4 Å². The first-order valence-corrected chi connectivity index (χ1v) is 6.92. The van der Waals surface area contributed by atoms with Gasteiger partial charge in [0.2, 0.25) is 0 Å². The summed E-state index contributed by atoms with van der Waals surface area (Å²) in [5, 5.41) is 9.95. The van der Waals surface area contributed by atoms with E-state index in [1.54, 1.807) is 6.07 Å². The van der Waals surface area contributed by atoms with Gasteiger partial charge in [-0.2, -0.15) is 0 Å². The first kappa shape index (κ1) is 14.2. The quantitative estimate of drug-likeness (QED) is 0.830. The average molecular weight is 287 g/mol. The molecule has 1 aromatic carbocycles. The first-order valence-electron chi connectivity index (χ1n) is 6.92. The molecule has 0 spiro atoms. The number of para-hydroxylation sites is 1. The largest absolute Gasteiger partial charge is 0.497 e. The van der Waals surface area contributed by atoms with Gasteiger partial charge >= 0.3 is 13.1 Å². The minimum absolute atomic E-state index is 0.161. The Bertz CT molecular complexity index is 704. The standard InChI is InChI=1S/C15H18BNO4/c1-14(2)15(3,4)21-16(20-14)10-7-5-6-9-8-11(13(18)19)17-12(9)10/h5-8,17H,1-4H3,(H,18,19). The van der Waals surface area contributed by atoms with Crippen LogP contribution in [0.5, 0.6) is 0 Å². The van der Waals surface area contributed by atoms with E-state index in [1.807, 2.05) is 45.9 Å². The minimum atomic E-state index is -0.980. The van der Waals surface area contributed by atoms with Gasteiger partial charge in [-0.05, 0) is 39.1 Å². The fourth-order valence-corrected chi connectivity index (χ4v) is 2.46. The molecule has 0 saturated carbocycles. The lowest BCUT2D eigenvalue weighted by Crippen LogP contribution is -2.41. The van der Waals surface area contributed by atoms with E-state index >= 15 is 0 Å². The lowest BCUT2D eigenvalue weighted by atomic mass is 9.78. The molecule has 6 heteroatoms. The summed E-state index contributed by atoms with van der Waals surface area (Å²) < 4.78 is 12.1. The molecule has 1 aliphatic heterocycles. The summed E-state index contributed by atoms with van der Waals surface area (Å²) in [4.78, 5) is 14.1. The van der Waals surface area contributed by atoms with Gasteiger partial charge in [-0.25, -0.2) is 4.79 Å². The van der Waals surface area contributed by atoms with Crippen molar-refractivity contribution in [3.63, 3.8) is 0 Å². The van der Waals surface area contributed by atoms with Crippen molar-refractivity contribution < 1.29 is 19.2 Å².